The third-order valence-electron chi connectivity index (χ3n) is 3.17. The Bertz CT molecular complexity index is 650. The molecule has 1 saturated heterocycles. The molecule has 0 aliphatic carbocycles. The van der Waals surface area contributed by atoms with Crippen molar-refractivity contribution in [3.8, 4) is 11.8 Å². The number of hydrogen-bond donors (Lipinski definition) is 1. The van der Waals surface area contributed by atoms with Crippen molar-refractivity contribution in [2.75, 3.05) is 19.7 Å². The van der Waals surface area contributed by atoms with E-state index >= 15 is 0 Å². The van der Waals surface area contributed by atoms with Crippen LogP contribution in [-0.4, -0.2) is 49.7 Å². The molecule has 1 aromatic carbocycles. The number of hydrogen-bond acceptors (Lipinski definition) is 4. The lowest BCUT2D eigenvalue weighted by molar-refractivity contribution is -0.0440. The van der Waals surface area contributed by atoms with E-state index in [0.29, 0.717) is 18.7 Å². The maximum Gasteiger partial charge on any atom is 0.243 e. The van der Waals surface area contributed by atoms with Gasteiger partial charge in [-0.3, -0.25) is 0 Å². The number of morpholine rings is 1. The minimum atomic E-state index is -3.55. The van der Waals surface area contributed by atoms with Gasteiger partial charge in [-0.15, -0.1) is 0 Å². The molecule has 6 heteroatoms. The van der Waals surface area contributed by atoms with Gasteiger partial charge in [-0.2, -0.15) is 4.31 Å². The van der Waals surface area contributed by atoms with E-state index in [2.05, 4.69) is 11.8 Å². The minimum absolute atomic E-state index is 0.124. The first kappa shape index (κ1) is 16.0. The van der Waals surface area contributed by atoms with Crippen molar-refractivity contribution in [3.05, 3.63) is 29.8 Å². The first-order valence-electron chi connectivity index (χ1n) is 6.79. The van der Waals surface area contributed by atoms with Crippen molar-refractivity contribution in [3.63, 3.8) is 0 Å². The van der Waals surface area contributed by atoms with Crippen LogP contribution < -0.4 is 0 Å². The highest BCUT2D eigenvalue weighted by Gasteiger charge is 2.32. The van der Waals surface area contributed by atoms with E-state index in [-0.39, 0.29) is 23.7 Å². The zero-order valence-electron chi connectivity index (χ0n) is 12.1. The van der Waals surface area contributed by atoms with Crippen molar-refractivity contribution in [1.82, 2.24) is 4.31 Å². The molecule has 1 aliphatic rings. The molecule has 1 aliphatic heterocycles. The molecule has 1 aromatic rings. The fourth-order valence-electron chi connectivity index (χ4n) is 2.35. The van der Waals surface area contributed by atoms with Crippen LogP contribution in [0.3, 0.4) is 0 Å². The normalized spacial score (nSPS) is 23.4. The summed E-state index contributed by atoms with van der Waals surface area (Å²) in [6.45, 7) is 4.16. The molecular formula is C15H19NO4S. The topological polar surface area (TPSA) is 66.8 Å². The van der Waals surface area contributed by atoms with Gasteiger partial charge in [0, 0.05) is 18.7 Å². The number of aliphatic hydroxyl groups excluding tert-OH is 1. The third-order valence-corrected chi connectivity index (χ3v) is 5.00. The number of sulfonamides is 1. The van der Waals surface area contributed by atoms with E-state index < -0.39 is 10.0 Å². The Morgan fingerprint density at radius 1 is 1.33 bits per heavy atom. The lowest BCUT2D eigenvalue weighted by Crippen LogP contribution is -2.48. The molecule has 1 heterocycles. The molecule has 0 spiro atoms. The summed E-state index contributed by atoms with van der Waals surface area (Å²) < 4.78 is 32.4. The van der Waals surface area contributed by atoms with Crippen LogP contribution in [0.2, 0.25) is 0 Å². The van der Waals surface area contributed by atoms with Gasteiger partial charge >= 0.3 is 0 Å². The first-order valence-corrected chi connectivity index (χ1v) is 8.23. The SMILES string of the molecule is C[C@@H]1CN(S(=O)(=O)c2cccc(C#CCO)c2)C[C@H](C)O1. The van der Waals surface area contributed by atoms with Crippen LogP contribution in [0.1, 0.15) is 19.4 Å². The predicted octanol–water partition coefficient (Wildman–Crippen LogP) is 0.828. The zero-order valence-corrected chi connectivity index (χ0v) is 12.9. The second-order valence-corrected chi connectivity index (χ2v) is 7.00. The average Bonchev–Trinajstić information content (AvgIpc) is 2.44. The Labute approximate surface area is 125 Å². The van der Waals surface area contributed by atoms with Crippen molar-refractivity contribution >= 4 is 10.0 Å². The van der Waals surface area contributed by atoms with Crippen LogP contribution in [0.5, 0.6) is 0 Å². The molecule has 0 radical (unpaired) electrons. The first-order chi connectivity index (χ1) is 9.93. The molecule has 2 atom stereocenters. The van der Waals surface area contributed by atoms with Crippen LogP contribution in [0.25, 0.3) is 0 Å². The molecule has 2 rings (SSSR count). The average molecular weight is 309 g/mol. The van der Waals surface area contributed by atoms with E-state index in [1.807, 2.05) is 13.8 Å². The molecule has 114 valence electrons. The van der Waals surface area contributed by atoms with Crippen molar-refractivity contribution in [1.29, 1.82) is 0 Å². The smallest absolute Gasteiger partial charge is 0.243 e. The van der Waals surface area contributed by atoms with Gasteiger partial charge in [-0.1, -0.05) is 17.9 Å². The molecule has 1 N–H and O–H groups in total. The summed E-state index contributed by atoms with van der Waals surface area (Å²) in [5, 5.41) is 8.70. The lowest BCUT2D eigenvalue weighted by atomic mass is 10.2. The Hall–Kier alpha value is -1.39. The molecule has 0 saturated carbocycles. The van der Waals surface area contributed by atoms with Gasteiger partial charge in [-0.05, 0) is 32.0 Å². The van der Waals surface area contributed by atoms with E-state index in [0.717, 1.165) is 0 Å². The van der Waals surface area contributed by atoms with E-state index in [4.69, 9.17) is 9.84 Å². The van der Waals surface area contributed by atoms with Crippen LogP contribution in [-0.2, 0) is 14.8 Å². The molecule has 0 amide bonds. The Morgan fingerprint density at radius 2 is 2.00 bits per heavy atom. The summed E-state index contributed by atoms with van der Waals surface area (Å²) >= 11 is 0. The van der Waals surface area contributed by atoms with E-state index in [1.165, 1.54) is 10.4 Å². The van der Waals surface area contributed by atoms with Crippen LogP contribution >= 0.6 is 0 Å². The van der Waals surface area contributed by atoms with E-state index in [1.54, 1.807) is 18.2 Å². The van der Waals surface area contributed by atoms with Crippen molar-refractivity contribution in [2.24, 2.45) is 0 Å². The Kier molecular flexibility index (Phi) is 5.01. The highest BCUT2D eigenvalue weighted by atomic mass is 32.2. The number of ether oxygens (including phenoxy) is 1. The maximum absolute atomic E-state index is 12.7. The van der Waals surface area contributed by atoms with E-state index in [9.17, 15) is 8.42 Å². The van der Waals surface area contributed by atoms with Gasteiger partial charge in [0.05, 0.1) is 17.1 Å². The highest BCUT2D eigenvalue weighted by molar-refractivity contribution is 7.89. The molecule has 0 unspecified atom stereocenters. The molecule has 1 fully saturated rings. The van der Waals surface area contributed by atoms with Gasteiger partial charge in [0.25, 0.3) is 0 Å². The fourth-order valence-corrected chi connectivity index (χ4v) is 3.99. The zero-order chi connectivity index (χ0) is 15.5. The van der Waals surface area contributed by atoms with Crippen LogP contribution in [0.4, 0.5) is 0 Å². The number of rotatable bonds is 2. The summed E-state index contributed by atoms with van der Waals surface area (Å²) in [5.74, 6) is 5.23. The minimum Gasteiger partial charge on any atom is -0.384 e. The maximum atomic E-state index is 12.7. The monoisotopic (exact) mass is 309 g/mol. The molecule has 0 bridgehead atoms. The van der Waals surface area contributed by atoms with Crippen molar-refractivity contribution < 1.29 is 18.3 Å². The number of nitrogens with zero attached hydrogens (tertiary/aromatic N) is 1. The van der Waals surface area contributed by atoms with Gasteiger partial charge < -0.3 is 9.84 Å². The third kappa shape index (κ3) is 3.83. The van der Waals surface area contributed by atoms with Gasteiger partial charge in [0.2, 0.25) is 10.0 Å². The molecule has 5 nitrogen and oxygen atoms in total. The van der Waals surface area contributed by atoms with Crippen molar-refractivity contribution in [2.45, 2.75) is 31.0 Å². The van der Waals surface area contributed by atoms with Gasteiger partial charge in [-0.25, -0.2) is 8.42 Å². The molecule has 0 aromatic heterocycles. The quantitative estimate of drug-likeness (QED) is 0.822. The van der Waals surface area contributed by atoms with Crippen LogP contribution in [0.15, 0.2) is 29.2 Å². The van der Waals surface area contributed by atoms with Gasteiger partial charge in [0.15, 0.2) is 0 Å². The Morgan fingerprint density at radius 3 is 2.62 bits per heavy atom. The summed E-state index contributed by atoms with van der Waals surface area (Å²) in [6, 6.07) is 6.46. The molecule has 21 heavy (non-hydrogen) atoms. The highest BCUT2D eigenvalue weighted by Crippen LogP contribution is 2.21. The number of benzene rings is 1. The lowest BCUT2D eigenvalue weighted by Gasteiger charge is -2.34. The predicted molar refractivity (Wildman–Crippen MR) is 79.2 cm³/mol. The second kappa shape index (κ2) is 6.58. The van der Waals surface area contributed by atoms with Gasteiger partial charge in [0.1, 0.15) is 6.61 Å². The largest absolute Gasteiger partial charge is 0.384 e. The summed E-state index contributed by atoms with van der Waals surface area (Å²) in [4.78, 5) is 0.216. The second-order valence-electron chi connectivity index (χ2n) is 5.07. The van der Waals surface area contributed by atoms with Crippen LogP contribution in [0, 0.1) is 11.8 Å². The number of aliphatic hydroxyl groups is 1. The Balaban J connectivity index is 2.31. The molecular weight excluding hydrogens is 290 g/mol. The summed E-state index contributed by atoms with van der Waals surface area (Å²) in [6.07, 6.45) is -0.248. The summed E-state index contributed by atoms with van der Waals surface area (Å²) in [5.41, 5.74) is 0.569. The fraction of sp³-hybridized carbons (Fsp3) is 0.467. The standard InChI is InChI=1S/C15H19NO4S/c1-12-10-16(11-13(2)20-12)21(18,19)15-7-3-5-14(9-15)6-4-8-17/h3,5,7,9,12-13,17H,8,10-11H2,1-2H3/t12-,13+. The summed E-state index contributed by atoms with van der Waals surface area (Å²) in [7, 11) is -3.55.